The van der Waals surface area contributed by atoms with E-state index in [2.05, 4.69) is 46.3 Å². The van der Waals surface area contributed by atoms with Gasteiger partial charge in [-0.05, 0) is 23.1 Å². The fourth-order valence-electron chi connectivity index (χ4n) is 1.48. The average Bonchev–Trinajstić information content (AvgIpc) is 2.50. The Kier molecular flexibility index (Phi) is 1.82. The monoisotopic (exact) mass is 208 g/mol. The van der Waals surface area contributed by atoms with Gasteiger partial charge in [0.15, 0.2) is 0 Å². The maximum atomic E-state index is 3.48. The molecular formula is C10H9Br. The van der Waals surface area contributed by atoms with Crippen LogP contribution in [0.3, 0.4) is 0 Å². The van der Waals surface area contributed by atoms with Crippen molar-refractivity contribution in [2.75, 3.05) is 0 Å². The predicted octanol–water partition coefficient (Wildman–Crippen LogP) is 3.15. The lowest BCUT2D eigenvalue weighted by Gasteiger charge is -2.02. The van der Waals surface area contributed by atoms with E-state index in [1.54, 1.807) is 0 Å². The average molecular weight is 209 g/mol. The topological polar surface area (TPSA) is 0 Å². The maximum absolute atomic E-state index is 3.48. The lowest BCUT2D eigenvalue weighted by Crippen LogP contribution is -1.86. The van der Waals surface area contributed by atoms with Gasteiger partial charge in [0, 0.05) is 5.33 Å². The molecule has 1 aromatic carbocycles. The van der Waals surface area contributed by atoms with Crippen molar-refractivity contribution < 1.29 is 0 Å². The molecule has 1 heteroatoms. The minimum absolute atomic E-state index is 0.959. The molecule has 0 nitrogen and oxygen atoms in total. The number of allylic oxidation sites excluding steroid dienone is 1. The third-order valence-electron chi connectivity index (χ3n) is 2.05. The normalized spacial score (nSPS) is 13.5. The quantitative estimate of drug-likeness (QED) is 0.623. The van der Waals surface area contributed by atoms with E-state index in [-0.39, 0.29) is 0 Å². The Bertz CT molecular complexity index is 300. The van der Waals surface area contributed by atoms with Crippen molar-refractivity contribution >= 4 is 22.0 Å². The second kappa shape index (κ2) is 2.82. The second-order valence-corrected chi connectivity index (χ2v) is 3.29. The summed E-state index contributed by atoms with van der Waals surface area (Å²) in [5.41, 5.74) is 4.28. The van der Waals surface area contributed by atoms with Gasteiger partial charge in [0.1, 0.15) is 0 Å². The number of rotatable bonds is 1. The van der Waals surface area contributed by atoms with Crippen LogP contribution >= 0.6 is 15.9 Å². The van der Waals surface area contributed by atoms with E-state index in [9.17, 15) is 0 Å². The third kappa shape index (κ3) is 1.14. The molecule has 0 aromatic heterocycles. The predicted molar refractivity (Wildman–Crippen MR) is 51.8 cm³/mol. The Morgan fingerprint density at radius 3 is 3.09 bits per heavy atom. The summed E-state index contributed by atoms with van der Waals surface area (Å²) in [4.78, 5) is 0. The first-order chi connectivity index (χ1) is 5.42. The highest BCUT2D eigenvalue weighted by molar-refractivity contribution is 9.08. The molecule has 0 unspecified atom stereocenters. The second-order valence-electron chi connectivity index (χ2n) is 2.73. The SMILES string of the molecule is BrCc1cccc2c1C=CC2. The van der Waals surface area contributed by atoms with Crippen LogP contribution in [-0.2, 0) is 11.8 Å². The van der Waals surface area contributed by atoms with Crippen LogP contribution in [0, 0.1) is 0 Å². The molecule has 0 radical (unpaired) electrons. The standard InChI is InChI=1S/C10H9Br/c11-7-9-5-1-3-8-4-2-6-10(8)9/h1-3,5-6H,4,7H2. The van der Waals surface area contributed by atoms with Crippen molar-refractivity contribution in [3.8, 4) is 0 Å². The molecule has 0 fully saturated rings. The maximum Gasteiger partial charge on any atom is 0.0289 e. The van der Waals surface area contributed by atoms with E-state index in [0.29, 0.717) is 0 Å². The lowest BCUT2D eigenvalue weighted by molar-refractivity contribution is 1.28. The Hall–Kier alpha value is -0.560. The molecule has 0 amide bonds. The van der Waals surface area contributed by atoms with Crippen molar-refractivity contribution in [2.24, 2.45) is 0 Å². The molecule has 0 saturated heterocycles. The first kappa shape index (κ1) is 7.11. The zero-order chi connectivity index (χ0) is 7.68. The molecule has 0 N–H and O–H groups in total. The number of hydrogen-bond donors (Lipinski definition) is 0. The van der Waals surface area contributed by atoms with Crippen LogP contribution in [-0.4, -0.2) is 0 Å². The van der Waals surface area contributed by atoms with Crippen LogP contribution in [0.15, 0.2) is 24.3 Å². The summed E-state index contributed by atoms with van der Waals surface area (Å²) in [5.74, 6) is 0. The highest BCUT2D eigenvalue weighted by Gasteiger charge is 2.07. The lowest BCUT2D eigenvalue weighted by atomic mass is 10.1. The highest BCUT2D eigenvalue weighted by Crippen LogP contribution is 2.24. The van der Waals surface area contributed by atoms with E-state index < -0.39 is 0 Å². The molecule has 11 heavy (non-hydrogen) atoms. The summed E-state index contributed by atoms with van der Waals surface area (Å²) in [6, 6.07) is 6.49. The number of halogens is 1. The van der Waals surface area contributed by atoms with Crippen LogP contribution in [0.1, 0.15) is 16.7 Å². The first-order valence-electron chi connectivity index (χ1n) is 3.75. The Morgan fingerprint density at radius 2 is 2.27 bits per heavy atom. The van der Waals surface area contributed by atoms with Gasteiger partial charge in [0.25, 0.3) is 0 Å². The summed E-state index contributed by atoms with van der Waals surface area (Å²) >= 11 is 3.48. The smallest absolute Gasteiger partial charge is 0.0289 e. The number of fused-ring (bicyclic) bond motifs is 1. The molecule has 0 saturated carbocycles. The van der Waals surface area contributed by atoms with E-state index in [1.165, 1.54) is 16.7 Å². The summed E-state index contributed by atoms with van der Waals surface area (Å²) in [7, 11) is 0. The minimum atomic E-state index is 0.959. The van der Waals surface area contributed by atoms with Gasteiger partial charge in [0.2, 0.25) is 0 Å². The number of hydrogen-bond acceptors (Lipinski definition) is 0. The van der Waals surface area contributed by atoms with E-state index >= 15 is 0 Å². The van der Waals surface area contributed by atoms with Crippen molar-refractivity contribution in [3.05, 3.63) is 41.0 Å². The molecule has 1 aliphatic rings. The summed E-state index contributed by atoms with van der Waals surface area (Å²) < 4.78 is 0. The molecule has 0 spiro atoms. The third-order valence-corrected chi connectivity index (χ3v) is 2.66. The van der Waals surface area contributed by atoms with Crippen LogP contribution in [0.4, 0.5) is 0 Å². The van der Waals surface area contributed by atoms with Crippen molar-refractivity contribution in [3.63, 3.8) is 0 Å². The minimum Gasteiger partial charge on any atom is -0.0876 e. The molecular weight excluding hydrogens is 200 g/mol. The van der Waals surface area contributed by atoms with Gasteiger partial charge in [-0.2, -0.15) is 0 Å². The summed E-state index contributed by atoms with van der Waals surface area (Å²) in [6.07, 6.45) is 5.54. The molecule has 1 aliphatic carbocycles. The highest BCUT2D eigenvalue weighted by atomic mass is 79.9. The Morgan fingerprint density at radius 1 is 1.36 bits per heavy atom. The summed E-state index contributed by atoms with van der Waals surface area (Å²) in [6.45, 7) is 0. The molecule has 1 aromatic rings. The Labute approximate surface area is 75.1 Å². The van der Waals surface area contributed by atoms with Crippen molar-refractivity contribution in [1.29, 1.82) is 0 Å². The van der Waals surface area contributed by atoms with Crippen molar-refractivity contribution in [1.82, 2.24) is 0 Å². The largest absolute Gasteiger partial charge is 0.0876 e. The van der Waals surface area contributed by atoms with Gasteiger partial charge in [-0.3, -0.25) is 0 Å². The van der Waals surface area contributed by atoms with E-state index in [0.717, 1.165) is 11.8 Å². The van der Waals surface area contributed by atoms with Gasteiger partial charge >= 0.3 is 0 Å². The fraction of sp³-hybridized carbons (Fsp3) is 0.200. The molecule has 0 bridgehead atoms. The van der Waals surface area contributed by atoms with Gasteiger partial charge in [0.05, 0.1) is 0 Å². The molecule has 2 rings (SSSR count). The van der Waals surface area contributed by atoms with Crippen LogP contribution in [0.5, 0.6) is 0 Å². The van der Waals surface area contributed by atoms with Gasteiger partial charge < -0.3 is 0 Å². The molecule has 0 heterocycles. The van der Waals surface area contributed by atoms with Gasteiger partial charge in [-0.1, -0.05) is 46.3 Å². The van der Waals surface area contributed by atoms with Gasteiger partial charge in [-0.15, -0.1) is 0 Å². The fourth-order valence-corrected chi connectivity index (χ4v) is 1.97. The van der Waals surface area contributed by atoms with E-state index in [1.807, 2.05) is 0 Å². The van der Waals surface area contributed by atoms with Gasteiger partial charge in [-0.25, -0.2) is 0 Å². The number of alkyl halides is 1. The zero-order valence-electron chi connectivity index (χ0n) is 6.18. The Balaban J connectivity index is 2.57. The zero-order valence-corrected chi connectivity index (χ0v) is 7.76. The molecule has 56 valence electrons. The summed E-state index contributed by atoms with van der Waals surface area (Å²) in [5, 5.41) is 0.959. The van der Waals surface area contributed by atoms with E-state index in [4.69, 9.17) is 0 Å². The molecule has 0 atom stereocenters. The van der Waals surface area contributed by atoms with Crippen LogP contribution in [0.2, 0.25) is 0 Å². The first-order valence-corrected chi connectivity index (χ1v) is 4.87. The molecule has 0 aliphatic heterocycles. The van der Waals surface area contributed by atoms with Crippen LogP contribution < -0.4 is 0 Å². The van der Waals surface area contributed by atoms with Crippen molar-refractivity contribution in [2.45, 2.75) is 11.8 Å². The van der Waals surface area contributed by atoms with Crippen LogP contribution in [0.25, 0.3) is 6.08 Å². The number of benzene rings is 1.